The van der Waals surface area contributed by atoms with E-state index in [4.69, 9.17) is 18.0 Å². The molecule has 0 aromatic heterocycles. The first kappa shape index (κ1) is 11.9. The maximum absolute atomic E-state index is 5.65. The molecule has 0 bridgehead atoms. The molecule has 1 rings (SSSR count). The third kappa shape index (κ3) is 2.92. The molecule has 0 aromatic rings. The predicted molar refractivity (Wildman–Crippen MR) is 65.4 cm³/mol. The fourth-order valence-electron chi connectivity index (χ4n) is 2.24. The van der Waals surface area contributed by atoms with Gasteiger partial charge in [-0.1, -0.05) is 25.6 Å². The predicted octanol–water partition coefficient (Wildman–Crippen LogP) is 2.17. The Kier molecular flexibility index (Phi) is 4.32. The van der Waals surface area contributed by atoms with Crippen LogP contribution in [0, 0.1) is 5.92 Å². The molecular weight excluding hydrogens is 192 g/mol. The van der Waals surface area contributed by atoms with Crippen molar-refractivity contribution in [2.75, 3.05) is 6.54 Å². The van der Waals surface area contributed by atoms with Gasteiger partial charge in [-0.05, 0) is 26.7 Å². The molecule has 3 atom stereocenters. The van der Waals surface area contributed by atoms with Crippen LogP contribution in [0.1, 0.15) is 40.0 Å². The molecule has 1 aliphatic rings. The Balaban J connectivity index is 2.51. The summed E-state index contributed by atoms with van der Waals surface area (Å²) in [6, 6.07) is 1.38. The lowest BCUT2D eigenvalue weighted by Gasteiger charge is -2.40. The van der Waals surface area contributed by atoms with E-state index in [1.165, 1.54) is 19.3 Å². The zero-order valence-corrected chi connectivity index (χ0v) is 10.3. The van der Waals surface area contributed by atoms with E-state index in [1.54, 1.807) is 0 Å². The van der Waals surface area contributed by atoms with Gasteiger partial charge in [0.15, 0.2) is 0 Å². The van der Waals surface area contributed by atoms with Crippen molar-refractivity contribution in [1.29, 1.82) is 0 Å². The lowest BCUT2D eigenvalue weighted by atomic mass is 9.96. The van der Waals surface area contributed by atoms with Crippen molar-refractivity contribution in [3.05, 3.63) is 0 Å². The smallest absolute Gasteiger partial charge is 0.0768 e. The summed E-state index contributed by atoms with van der Waals surface area (Å²) in [5.74, 6) is 0.341. The molecule has 1 aliphatic heterocycles. The number of rotatable bonds is 3. The first-order valence-corrected chi connectivity index (χ1v) is 5.98. The lowest BCUT2D eigenvalue weighted by Crippen LogP contribution is -2.47. The molecule has 0 aromatic carbocycles. The minimum Gasteiger partial charge on any atom is -0.393 e. The van der Waals surface area contributed by atoms with Crippen molar-refractivity contribution >= 4 is 17.2 Å². The molecule has 2 nitrogen and oxygen atoms in total. The van der Waals surface area contributed by atoms with Crippen molar-refractivity contribution in [1.82, 2.24) is 4.90 Å². The van der Waals surface area contributed by atoms with Gasteiger partial charge in [0, 0.05) is 24.5 Å². The number of hydrogen-bond acceptors (Lipinski definition) is 2. The van der Waals surface area contributed by atoms with Gasteiger partial charge in [0.1, 0.15) is 0 Å². The maximum atomic E-state index is 5.65. The molecular formula is C11H22N2S. The highest BCUT2D eigenvalue weighted by Gasteiger charge is 2.26. The maximum Gasteiger partial charge on any atom is 0.0768 e. The monoisotopic (exact) mass is 214 g/mol. The van der Waals surface area contributed by atoms with Gasteiger partial charge in [-0.2, -0.15) is 0 Å². The molecule has 1 saturated heterocycles. The largest absolute Gasteiger partial charge is 0.393 e. The molecule has 1 fully saturated rings. The van der Waals surface area contributed by atoms with E-state index in [9.17, 15) is 0 Å². The van der Waals surface area contributed by atoms with Crippen LogP contribution in [-0.2, 0) is 0 Å². The first-order valence-electron chi connectivity index (χ1n) is 5.57. The molecule has 0 saturated carbocycles. The molecule has 0 spiro atoms. The van der Waals surface area contributed by atoms with Gasteiger partial charge in [0.05, 0.1) is 4.99 Å². The van der Waals surface area contributed by atoms with Crippen LogP contribution < -0.4 is 5.73 Å². The minimum atomic E-state index is 0.341. The van der Waals surface area contributed by atoms with E-state index in [1.807, 2.05) is 0 Å². The molecule has 82 valence electrons. The highest BCUT2D eigenvalue weighted by Crippen LogP contribution is 2.23. The quantitative estimate of drug-likeness (QED) is 0.730. The van der Waals surface area contributed by atoms with Gasteiger partial charge in [-0.25, -0.2) is 0 Å². The molecule has 0 amide bonds. The normalized spacial score (nSPS) is 31.4. The lowest BCUT2D eigenvalue weighted by molar-refractivity contribution is 0.0963. The van der Waals surface area contributed by atoms with Crippen LogP contribution in [0.2, 0.25) is 0 Å². The van der Waals surface area contributed by atoms with Crippen LogP contribution >= 0.6 is 12.2 Å². The molecule has 0 radical (unpaired) electrons. The fourth-order valence-corrected chi connectivity index (χ4v) is 2.32. The Labute approximate surface area is 92.8 Å². The summed E-state index contributed by atoms with van der Waals surface area (Å²) in [6.07, 6.45) is 3.99. The van der Waals surface area contributed by atoms with Gasteiger partial charge >= 0.3 is 0 Å². The van der Waals surface area contributed by atoms with Crippen LogP contribution in [0.3, 0.4) is 0 Å². The van der Waals surface area contributed by atoms with Crippen LogP contribution in [0.15, 0.2) is 0 Å². The van der Waals surface area contributed by atoms with Crippen LogP contribution in [0.4, 0.5) is 0 Å². The number of nitrogens with zero attached hydrogens (tertiary/aromatic N) is 1. The van der Waals surface area contributed by atoms with E-state index in [0.29, 0.717) is 23.0 Å². The third-order valence-corrected chi connectivity index (χ3v) is 3.75. The Morgan fingerprint density at radius 1 is 1.43 bits per heavy atom. The molecule has 0 aliphatic carbocycles. The number of nitrogens with two attached hydrogens (primary N) is 1. The Hall–Kier alpha value is -0.150. The molecule has 14 heavy (non-hydrogen) atoms. The van der Waals surface area contributed by atoms with Gasteiger partial charge in [0.25, 0.3) is 0 Å². The first-order chi connectivity index (χ1) is 6.52. The summed E-state index contributed by atoms with van der Waals surface area (Å²) < 4.78 is 0. The van der Waals surface area contributed by atoms with Crippen molar-refractivity contribution in [3.63, 3.8) is 0 Å². The van der Waals surface area contributed by atoms with E-state index in [-0.39, 0.29) is 0 Å². The molecule has 1 heterocycles. The highest BCUT2D eigenvalue weighted by molar-refractivity contribution is 7.80. The second-order valence-corrected chi connectivity index (χ2v) is 5.10. The Morgan fingerprint density at radius 3 is 2.36 bits per heavy atom. The highest BCUT2D eigenvalue weighted by atomic mass is 32.1. The van der Waals surface area contributed by atoms with E-state index < -0.39 is 0 Å². The third-order valence-electron chi connectivity index (χ3n) is 3.35. The second-order valence-electron chi connectivity index (χ2n) is 4.63. The molecule has 3 heteroatoms. The summed E-state index contributed by atoms with van der Waals surface area (Å²) in [7, 11) is 0. The molecule has 2 N–H and O–H groups in total. The SMILES string of the molecule is CC(CN1C(C)CCCC1C)C(N)=S. The van der Waals surface area contributed by atoms with Crippen molar-refractivity contribution < 1.29 is 0 Å². The number of thiocarbonyl (C=S) groups is 1. The summed E-state index contributed by atoms with van der Waals surface area (Å²) in [6.45, 7) is 7.76. The van der Waals surface area contributed by atoms with Crippen LogP contribution in [-0.4, -0.2) is 28.5 Å². The minimum absolute atomic E-state index is 0.341. The van der Waals surface area contributed by atoms with E-state index in [2.05, 4.69) is 25.7 Å². The van der Waals surface area contributed by atoms with Gasteiger partial charge in [-0.15, -0.1) is 0 Å². The summed E-state index contributed by atoms with van der Waals surface area (Å²) >= 11 is 5.02. The van der Waals surface area contributed by atoms with Gasteiger partial charge in [0.2, 0.25) is 0 Å². The number of piperidine rings is 1. The van der Waals surface area contributed by atoms with Crippen LogP contribution in [0.25, 0.3) is 0 Å². The average Bonchev–Trinajstić information content (AvgIpc) is 2.11. The standard InChI is InChI=1S/C11H22N2S/c1-8(11(12)14)7-13-9(2)5-4-6-10(13)3/h8-10H,4-7H2,1-3H3,(H2,12,14). The zero-order valence-electron chi connectivity index (χ0n) is 9.49. The van der Waals surface area contributed by atoms with Crippen LogP contribution in [0.5, 0.6) is 0 Å². The average molecular weight is 214 g/mol. The fraction of sp³-hybridized carbons (Fsp3) is 0.909. The van der Waals surface area contributed by atoms with Crippen molar-refractivity contribution in [2.24, 2.45) is 11.7 Å². The summed E-state index contributed by atoms with van der Waals surface area (Å²) in [4.78, 5) is 3.20. The number of hydrogen-bond donors (Lipinski definition) is 1. The van der Waals surface area contributed by atoms with Gasteiger partial charge < -0.3 is 5.73 Å². The number of likely N-dealkylation sites (tertiary alicyclic amines) is 1. The Morgan fingerprint density at radius 2 is 1.93 bits per heavy atom. The topological polar surface area (TPSA) is 29.3 Å². The summed E-state index contributed by atoms with van der Waals surface area (Å²) in [5, 5.41) is 0. The summed E-state index contributed by atoms with van der Waals surface area (Å²) in [5.41, 5.74) is 5.65. The van der Waals surface area contributed by atoms with Crippen molar-refractivity contribution in [2.45, 2.75) is 52.1 Å². The van der Waals surface area contributed by atoms with Gasteiger partial charge in [-0.3, -0.25) is 4.90 Å². The Bertz CT molecular complexity index is 195. The second kappa shape index (κ2) is 5.08. The van der Waals surface area contributed by atoms with E-state index >= 15 is 0 Å². The van der Waals surface area contributed by atoms with E-state index in [0.717, 1.165) is 6.54 Å². The molecule has 3 unspecified atom stereocenters. The zero-order chi connectivity index (χ0) is 10.7. The van der Waals surface area contributed by atoms with Crippen molar-refractivity contribution in [3.8, 4) is 0 Å².